The van der Waals surface area contributed by atoms with Gasteiger partial charge in [0.05, 0.1) is 0 Å². The maximum absolute atomic E-state index is 7.17. The van der Waals surface area contributed by atoms with Gasteiger partial charge in [0.1, 0.15) is 0 Å². The van der Waals surface area contributed by atoms with Crippen molar-refractivity contribution in [3.05, 3.63) is 6.57 Å². The number of hydrogen-bond donors (Lipinski definition) is 12. The molecule has 0 bridgehead atoms. The molecule has 0 heterocycles. The van der Waals surface area contributed by atoms with Gasteiger partial charge >= 0.3 is 48.1 Å². The standard InChI is InChI=1S/CN.4BH3O3.Li/c1-2;4*2-1(3)4;/h;4*2-4H;/q-1;;;;;+1. The first-order valence-corrected chi connectivity index (χ1v) is 3.32. The average Bonchev–Trinajstić information content (AvgIpc) is 2.01. The molecule has 19 heavy (non-hydrogen) atoms. The van der Waals surface area contributed by atoms with Gasteiger partial charge in [-0.25, -0.2) is 0 Å². The van der Waals surface area contributed by atoms with Crippen LogP contribution in [0.25, 0.3) is 0 Å². The molecule has 0 aliphatic rings. The second-order valence-corrected chi connectivity index (χ2v) is 1.39. The molecular weight excluding hydrogens is 268 g/mol. The average molecular weight is 280 g/mol. The molecule has 0 aliphatic carbocycles. The Morgan fingerprint density at radius 1 is 0.421 bits per heavy atom. The Labute approximate surface area is 121 Å². The van der Waals surface area contributed by atoms with E-state index in [1.165, 1.54) is 0 Å². The van der Waals surface area contributed by atoms with Crippen molar-refractivity contribution < 1.29 is 79.1 Å². The fraction of sp³-hybridized carbons (Fsp3) is 0. The van der Waals surface area contributed by atoms with Crippen LogP contribution in [0.2, 0.25) is 0 Å². The van der Waals surface area contributed by atoms with Crippen LogP contribution in [-0.4, -0.2) is 89.6 Å². The quantitative estimate of drug-likeness (QED) is 0.145. The fourth-order valence-corrected chi connectivity index (χ4v) is 0. The maximum Gasteiger partial charge on any atom is 1.00 e. The Balaban J connectivity index is -0.0000000279. The van der Waals surface area contributed by atoms with Crippen LogP contribution in [0.3, 0.4) is 0 Å². The molecule has 12 N–H and O–H groups in total. The van der Waals surface area contributed by atoms with Crippen molar-refractivity contribution in [3.63, 3.8) is 0 Å². The molecule has 106 valence electrons. The Morgan fingerprint density at radius 2 is 0.421 bits per heavy atom. The predicted molar refractivity (Wildman–Crippen MR) is 54.6 cm³/mol. The summed E-state index contributed by atoms with van der Waals surface area (Å²) >= 11 is 0. The number of nitrogens with zero attached hydrogens (tertiary/aromatic N) is 1. The summed E-state index contributed by atoms with van der Waals surface area (Å²) in [4.78, 5) is 0. The molecule has 0 rings (SSSR count). The number of hydrogen-bond acceptors (Lipinski definition) is 13. The van der Waals surface area contributed by atoms with Crippen molar-refractivity contribution in [1.82, 2.24) is 0 Å². The molecule has 0 amide bonds. The largest absolute Gasteiger partial charge is 1.00 e. The minimum Gasteiger partial charge on any atom is -0.512 e. The second-order valence-electron chi connectivity index (χ2n) is 1.39. The Kier molecular flexibility index (Phi) is 69.1. The van der Waals surface area contributed by atoms with Crippen LogP contribution >= 0.6 is 0 Å². The van der Waals surface area contributed by atoms with Crippen molar-refractivity contribution in [1.29, 1.82) is 5.26 Å². The third kappa shape index (κ3) is 255000. The summed E-state index contributed by atoms with van der Waals surface area (Å²) in [6.45, 7) is 4.75. The van der Waals surface area contributed by atoms with E-state index in [1.54, 1.807) is 0 Å². The Bertz CT molecular complexity index is 99.1. The first kappa shape index (κ1) is 36.4. The van der Waals surface area contributed by atoms with Crippen molar-refractivity contribution in [3.8, 4) is 0 Å². The molecule has 0 saturated carbocycles. The zero-order chi connectivity index (χ0) is 16.3. The van der Waals surface area contributed by atoms with Gasteiger partial charge in [-0.15, -0.1) is 0 Å². The Morgan fingerprint density at radius 3 is 0.421 bits per heavy atom. The normalized spacial score (nSPS) is 5.79. The van der Waals surface area contributed by atoms with Gasteiger partial charge in [-0.1, -0.05) is 0 Å². The molecule has 0 atom stereocenters. The van der Waals surface area contributed by atoms with Crippen LogP contribution in [0.4, 0.5) is 0 Å². The van der Waals surface area contributed by atoms with Gasteiger partial charge in [0.15, 0.2) is 0 Å². The molecule has 0 aliphatic heterocycles. The van der Waals surface area contributed by atoms with E-state index in [-0.39, 0.29) is 18.9 Å². The SMILES string of the molecule is OB(O)O.OB(O)O.OB(O)O.OB(O)O.[C-]#N.[Li+]. The Hall–Kier alpha value is -0.133. The minimum atomic E-state index is -2.17. The van der Waals surface area contributed by atoms with Gasteiger partial charge in [-0.2, -0.15) is 0 Å². The molecule has 0 spiro atoms. The van der Waals surface area contributed by atoms with Crippen LogP contribution in [0.15, 0.2) is 0 Å². The fourth-order valence-electron chi connectivity index (χ4n) is 0. The monoisotopic (exact) mass is 281 g/mol. The van der Waals surface area contributed by atoms with E-state index in [9.17, 15) is 0 Å². The molecule has 0 radical (unpaired) electrons. The zero-order valence-electron chi connectivity index (χ0n) is 9.62. The molecular formula is CH12B4LiNO12. The molecule has 0 aromatic carbocycles. The molecule has 13 nitrogen and oxygen atoms in total. The van der Waals surface area contributed by atoms with Gasteiger partial charge in [0.25, 0.3) is 0 Å². The van der Waals surface area contributed by atoms with Gasteiger partial charge < -0.3 is 72.1 Å². The summed E-state index contributed by atoms with van der Waals surface area (Å²) in [6, 6.07) is 0. The van der Waals surface area contributed by atoms with E-state index in [1.807, 2.05) is 0 Å². The van der Waals surface area contributed by atoms with Crippen molar-refractivity contribution in [2.24, 2.45) is 0 Å². The van der Waals surface area contributed by atoms with E-state index >= 15 is 0 Å². The molecule has 0 aromatic rings. The third-order valence-corrected chi connectivity index (χ3v) is 0. The van der Waals surface area contributed by atoms with Crippen LogP contribution in [0.5, 0.6) is 0 Å². The van der Waals surface area contributed by atoms with Crippen molar-refractivity contribution in [2.45, 2.75) is 0 Å². The van der Waals surface area contributed by atoms with Crippen LogP contribution in [0.1, 0.15) is 0 Å². The molecule has 0 fully saturated rings. The first-order chi connectivity index (χ1) is 7.93. The molecule has 0 unspecified atom stereocenters. The van der Waals surface area contributed by atoms with E-state index in [4.69, 9.17) is 72.1 Å². The van der Waals surface area contributed by atoms with Crippen LogP contribution < -0.4 is 18.9 Å². The zero-order valence-corrected chi connectivity index (χ0v) is 9.62. The summed E-state index contributed by atoms with van der Waals surface area (Å²) in [5, 5.41) is 92.3. The number of rotatable bonds is 0. The second kappa shape index (κ2) is 36.1. The predicted octanol–water partition coefficient (Wildman–Crippen LogP) is -11.1. The summed E-state index contributed by atoms with van der Waals surface area (Å²) in [5.41, 5.74) is 0. The van der Waals surface area contributed by atoms with E-state index < -0.39 is 29.3 Å². The topological polar surface area (TPSA) is 267 Å². The van der Waals surface area contributed by atoms with Crippen molar-refractivity contribution in [2.75, 3.05) is 0 Å². The van der Waals surface area contributed by atoms with Crippen molar-refractivity contribution >= 4 is 29.3 Å². The molecule has 0 saturated heterocycles. The maximum atomic E-state index is 7.17. The van der Waals surface area contributed by atoms with E-state index in [0.717, 1.165) is 0 Å². The van der Waals surface area contributed by atoms with Crippen LogP contribution in [-0.2, 0) is 0 Å². The summed E-state index contributed by atoms with van der Waals surface area (Å²) < 4.78 is 0. The van der Waals surface area contributed by atoms with Crippen LogP contribution in [0, 0.1) is 11.8 Å². The third-order valence-electron chi connectivity index (χ3n) is 0. The summed E-state index contributed by atoms with van der Waals surface area (Å²) in [7, 11) is -8.67. The first-order valence-electron chi connectivity index (χ1n) is 3.32. The summed E-state index contributed by atoms with van der Waals surface area (Å²) in [6.07, 6.45) is 0. The molecule has 0 aromatic heterocycles. The van der Waals surface area contributed by atoms with E-state index in [2.05, 4.69) is 0 Å². The van der Waals surface area contributed by atoms with Gasteiger partial charge in [-0.05, 0) is 0 Å². The van der Waals surface area contributed by atoms with Gasteiger partial charge in [0.2, 0.25) is 0 Å². The van der Waals surface area contributed by atoms with E-state index in [0.29, 0.717) is 0 Å². The summed E-state index contributed by atoms with van der Waals surface area (Å²) in [5.74, 6) is 0. The minimum absolute atomic E-state index is 0. The molecule has 18 heteroatoms. The van der Waals surface area contributed by atoms with Gasteiger partial charge in [-0.3, -0.25) is 0 Å². The van der Waals surface area contributed by atoms with Gasteiger partial charge in [0, 0.05) is 0 Å². The smallest absolute Gasteiger partial charge is 0.512 e.